The van der Waals surface area contributed by atoms with Crippen LogP contribution in [0.1, 0.15) is 37.8 Å². The van der Waals surface area contributed by atoms with Gasteiger partial charge in [-0.15, -0.1) is 0 Å². The van der Waals surface area contributed by atoms with Crippen LogP contribution >= 0.6 is 15.9 Å². The molecule has 0 amide bonds. The summed E-state index contributed by atoms with van der Waals surface area (Å²) in [4.78, 5) is 4.40. The molecule has 1 aromatic heterocycles. The van der Waals surface area contributed by atoms with Crippen molar-refractivity contribution in [2.24, 2.45) is 0 Å². The first-order valence-corrected chi connectivity index (χ1v) is 9.67. The third-order valence-corrected chi connectivity index (χ3v) is 6.12. The van der Waals surface area contributed by atoms with E-state index in [2.05, 4.69) is 25.6 Å². The van der Waals surface area contributed by atoms with E-state index in [0.717, 1.165) is 25.0 Å². The van der Waals surface area contributed by atoms with Crippen molar-refractivity contribution in [3.63, 3.8) is 0 Å². The van der Waals surface area contributed by atoms with E-state index in [1.54, 1.807) is 6.20 Å². The van der Waals surface area contributed by atoms with Gasteiger partial charge in [-0.05, 0) is 25.0 Å². The molecule has 1 fully saturated rings. The Morgan fingerprint density at radius 2 is 2.05 bits per heavy atom. The smallest absolute Gasteiger partial charge is 0.212 e. The first kappa shape index (κ1) is 15.9. The number of alkyl halides is 1. The summed E-state index contributed by atoms with van der Waals surface area (Å²) in [5.74, 6) is 0.0975. The predicted molar refractivity (Wildman–Crippen MR) is 84.5 cm³/mol. The highest BCUT2D eigenvalue weighted by Crippen LogP contribution is 2.24. The van der Waals surface area contributed by atoms with Crippen LogP contribution in [0.15, 0.2) is 24.4 Å². The van der Waals surface area contributed by atoms with Gasteiger partial charge in [-0.2, -0.15) is 0 Å². The minimum absolute atomic E-state index is 0.0197. The van der Waals surface area contributed by atoms with E-state index in [4.69, 9.17) is 0 Å². The number of sulfonamides is 1. The van der Waals surface area contributed by atoms with Crippen LogP contribution in [-0.4, -0.2) is 30.0 Å². The number of hydrogen-bond acceptors (Lipinski definition) is 3. The molecule has 1 aliphatic carbocycles. The summed E-state index contributed by atoms with van der Waals surface area (Å²) >= 11 is 3.61. The van der Waals surface area contributed by atoms with Gasteiger partial charge in [-0.3, -0.25) is 4.98 Å². The van der Waals surface area contributed by atoms with E-state index < -0.39 is 10.0 Å². The van der Waals surface area contributed by atoms with Crippen LogP contribution in [0.2, 0.25) is 0 Å². The quantitative estimate of drug-likeness (QED) is 0.648. The van der Waals surface area contributed by atoms with Crippen LogP contribution in [0.4, 0.5) is 0 Å². The largest absolute Gasteiger partial charge is 0.261 e. The molecule has 0 spiro atoms. The van der Waals surface area contributed by atoms with Gasteiger partial charge in [-0.25, -0.2) is 13.1 Å². The van der Waals surface area contributed by atoms with Crippen molar-refractivity contribution < 1.29 is 8.42 Å². The van der Waals surface area contributed by atoms with Crippen molar-refractivity contribution >= 4 is 26.0 Å². The van der Waals surface area contributed by atoms with E-state index in [-0.39, 0.29) is 16.6 Å². The second-order valence-corrected chi connectivity index (χ2v) is 8.32. The second-order valence-electron chi connectivity index (χ2n) is 5.27. The lowest BCUT2D eigenvalue weighted by molar-refractivity contribution is 0.520. The molecule has 2 atom stereocenters. The summed E-state index contributed by atoms with van der Waals surface area (Å²) in [7, 11) is -3.25. The van der Waals surface area contributed by atoms with Gasteiger partial charge in [0.05, 0.1) is 5.75 Å². The van der Waals surface area contributed by atoms with E-state index in [1.165, 1.54) is 12.8 Å². The lowest BCUT2D eigenvalue weighted by Crippen LogP contribution is -2.41. The summed E-state index contributed by atoms with van der Waals surface area (Å²) < 4.78 is 27.2. The Kier molecular flexibility index (Phi) is 5.99. The molecule has 20 heavy (non-hydrogen) atoms. The van der Waals surface area contributed by atoms with E-state index in [9.17, 15) is 8.42 Å². The van der Waals surface area contributed by atoms with Gasteiger partial charge in [-0.1, -0.05) is 41.3 Å². The zero-order valence-electron chi connectivity index (χ0n) is 11.5. The number of nitrogens with zero attached hydrogens (tertiary/aromatic N) is 1. The molecule has 0 saturated heterocycles. The Morgan fingerprint density at radius 3 is 2.80 bits per heavy atom. The summed E-state index contributed by atoms with van der Waals surface area (Å²) in [5, 5.41) is 0. The fraction of sp³-hybridized carbons (Fsp3) is 0.643. The fourth-order valence-electron chi connectivity index (χ4n) is 2.47. The topological polar surface area (TPSA) is 59.1 Å². The molecule has 0 aliphatic heterocycles. The van der Waals surface area contributed by atoms with Crippen LogP contribution in [0.5, 0.6) is 0 Å². The van der Waals surface area contributed by atoms with Gasteiger partial charge in [0.25, 0.3) is 0 Å². The maximum absolute atomic E-state index is 12.2. The normalized spacial score (nSPS) is 24.2. The highest BCUT2D eigenvalue weighted by Gasteiger charge is 2.25. The van der Waals surface area contributed by atoms with Crippen molar-refractivity contribution in [3.8, 4) is 0 Å². The Hall–Kier alpha value is -0.460. The van der Waals surface area contributed by atoms with Crippen molar-refractivity contribution in [2.75, 3.05) is 5.75 Å². The van der Waals surface area contributed by atoms with Gasteiger partial charge in [0.15, 0.2) is 0 Å². The van der Waals surface area contributed by atoms with Gasteiger partial charge in [0.2, 0.25) is 10.0 Å². The number of pyridine rings is 1. The van der Waals surface area contributed by atoms with Crippen LogP contribution in [0.3, 0.4) is 0 Å². The lowest BCUT2D eigenvalue weighted by atomic mass is 10.1. The van der Waals surface area contributed by atoms with Crippen molar-refractivity contribution in [3.05, 3.63) is 30.1 Å². The average molecular weight is 361 g/mol. The molecule has 6 heteroatoms. The van der Waals surface area contributed by atoms with Gasteiger partial charge in [0, 0.05) is 29.2 Å². The molecule has 0 bridgehead atoms. The monoisotopic (exact) mass is 360 g/mol. The maximum atomic E-state index is 12.2. The fourth-order valence-corrected chi connectivity index (χ4v) is 4.70. The predicted octanol–water partition coefficient (Wildman–Crippen LogP) is 2.64. The number of hydrogen-bond donors (Lipinski definition) is 1. The molecule has 1 aliphatic rings. The number of halogens is 1. The molecule has 1 heterocycles. The summed E-state index contributed by atoms with van der Waals surface area (Å²) in [6.07, 6.45) is 7.54. The van der Waals surface area contributed by atoms with Gasteiger partial charge >= 0.3 is 0 Å². The third-order valence-electron chi connectivity index (χ3n) is 3.62. The van der Waals surface area contributed by atoms with Crippen LogP contribution in [0, 0.1) is 0 Å². The molecule has 1 N–H and O–H groups in total. The van der Waals surface area contributed by atoms with Crippen molar-refractivity contribution in [2.45, 2.75) is 49.4 Å². The Balaban J connectivity index is 1.89. The minimum Gasteiger partial charge on any atom is -0.261 e. The number of aromatic nitrogens is 1. The number of rotatable bonds is 5. The SMILES string of the molecule is O=S(=O)(CCc1ccccn1)NC1CCCCCC1Br. The highest BCUT2D eigenvalue weighted by molar-refractivity contribution is 9.09. The summed E-state index contributed by atoms with van der Waals surface area (Å²) in [6, 6.07) is 5.58. The molecule has 0 radical (unpaired) electrons. The number of aryl methyl sites for hydroxylation is 1. The average Bonchev–Trinajstić information content (AvgIpc) is 2.63. The summed E-state index contributed by atoms with van der Waals surface area (Å²) in [6.45, 7) is 0. The first-order chi connectivity index (χ1) is 9.57. The third kappa shape index (κ3) is 5.14. The number of nitrogens with one attached hydrogen (secondary N) is 1. The molecule has 112 valence electrons. The maximum Gasteiger partial charge on any atom is 0.212 e. The molecular formula is C14H21BrN2O2S. The second kappa shape index (κ2) is 7.52. The lowest BCUT2D eigenvalue weighted by Gasteiger charge is -2.21. The molecule has 1 saturated carbocycles. The van der Waals surface area contributed by atoms with Crippen LogP contribution < -0.4 is 4.72 Å². The van der Waals surface area contributed by atoms with Crippen molar-refractivity contribution in [1.29, 1.82) is 0 Å². The Labute approximate surface area is 129 Å². The Morgan fingerprint density at radius 1 is 1.25 bits per heavy atom. The van der Waals surface area contributed by atoms with E-state index >= 15 is 0 Å². The van der Waals surface area contributed by atoms with Crippen LogP contribution in [-0.2, 0) is 16.4 Å². The van der Waals surface area contributed by atoms with Crippen LogP contribution in [0.25, 0.3) is 0 Å². The van der Waals surface area contributed by atoms with Crippen molar-refractivity contribution in [1.82, 2.24) is 9.71 Å². The summed E-state index contributed by atoms with van der Waals surface area (Å²) in [5.41, 5.74) is 0.814. The van der Waals surface area contributed by atoms with Gasteiger partial charge < -0.3 is 0 Å². The molecule has 2 unspecified atom stereocenters. The Bertz CT molecular complexity index is 507. The zero-order valence-corrected chi connectivity index (χ0v) is 13.9. The highest BCUT2D eigenvalue weighted by atomic mass is 79.9. The van der Waals surface area contributed by atoms with E-state index in [1.807, 2.05) is 18.2 Å². The molecule has 2 rings (SSSR count). The zero-order chi connectivity index (χ0) is 14.4. The molecule has 1 aromatic rings. The molecule has 0 aromatic carbocycles. The van der Waals surface area contributed by atoms with E-state index in [0.29, 0.717) is 6.42 Å². The standard InChI is InChI=1S/C14H21BrN2O2S/c15-13-7-2-1-3-8-14(13)17-20(18,19)11-9-12-6-4-5-10-16-12/h4-6,10,13-14,17H,1-3,7-9,11H2. The molecular weight excluding hydrogens is 340 g/mol. The minimum atomic E-state index is -3.25. The first-order valence-electron chi connectivity index (χ1n) is 7.11. The molecule has 4 nitrogen and oxygen atoms in total. The van der Waals surface area contributed by atoms with Gasteiger partial charge in [0.1, 0.15) is 0 Å².